The number of benzene rings is 1. The average molecular weight is 463 g/mol. The zero-order chi connectivity index (χ0) is 23.5. The Morgan fingerprint density at radius 1 is 0.971 bits per heavy atom. The third kappa shape index (κ3) is 5.04. The van der Waals surface area contributed by atoms with Crippen molar-refractivity contribution in [1.29, 1.82) is 0 Å². The molecular formula is C27H38N6O. The molecule has 1 aromatic heterocycles. The van der Waals surface area contributed by atoms with Gasteiger partial charge in [0, 0.05) is 24.3 Å². The van der Waals surface area contributed by atoms with Crippen molar-refractivity contribution in [1.82, 2.24) is 14.9 Å². The maximum atomic E-state index is 12.0. The van der Waals surface area contributed by atoms with Crippen molar-refractivity contribution < 1.29 is 4.79 Å². The molecular weight excluding hydrogens is 424 g/mol. The van der Waals surface area contributed by atoms with Gasteiger partial charge in [-0.1, -0.05) is 25.0 Å². The minimum absolute atomic E-state index is 0.178. The molecule has 7 heteroatoms. The molecule has 2 aliphatic heterocycles. The Balaban J connectivity index is 1.27. The second-order valence-electron chi connectivity index (χ2n) is 10.3. The first-order valence-electron chi connectivity index (χ1n) is 13.1. The van der Waals surface area contributed by atoms with E-state index in [9.17, 15) is 4.79 Å². The molecule has 34 heavy (non-hydrogen) atoms. The molecule has 1 amide bonds. The standard InChI is InChI=1S/C27H38N6O/c1-19-6-4-5-15-33(19)24-18-29-25(26(28)34)27(31-24)30-22-11-9-20(10-12-22)21-13-16-32(17-14-21)23-7-2-3-8-23/h9-12,18-19,21,23H,2-8,13-17H2,1H3,(H2,28,34)(H,30,31)/t19-/m0/s1. The van der Waals surface area contributed by atoms with Crippen LogP contribution in [0.25, 0.3) is 0 Å². The van der Waals surface area contributed by atoms with Crippen molar-refractivity contribution in [2.24, 2.45) is 5.73 Å². The molecule has 3 N–H and O–H groups in total. The lowest BCUT2D eigenvalue weighted by Gasteiger charge is -2.36. The van der Waals surface area contributed by atoms with Gasteiger partial charge in [0.2, 0.25) is 0 Å². The SMILES string of the molecule is C[C@H]1CCCCN1c1cnc(C(N)=O)c(Nc2ccc(C3CCN(C4CCCC4)CC3)cc2)n1. The van der Waals surface area contributed by atoms with E-state index in [0.29, 0.717) is 17.8 Å². The van der Waals surface area contributed by atoms with E-state index in [0.717, 1.165) is 36.9 Å². The van der Waals surface area contributed by atoms with E-state index in [1.807, 2.05) is 0 Å². The maximum Gasteiger partial charge on any atom is 0.271 e. The number of carbonyl (C=O) groups is 1. The quantitative estimate of drug-likeness (QED) is 0.640. The number of nitrogens with one attached hydrogen (secondary N) is 1. The topological polar surface area (TPSA) is 87.4 Å². The van der Waals surface area contributed by atoms with Crippen LogP contribution in [0.2, 0.25) is 0 Å². The molecule has 1 saturated carbocycles. The van der Waals surface area contributed by atoms with Crippen LogP contribution in [-0.2, 0) is 0 Å². The lowest BCUT2D eigenvalue weighted by Crippen LogP contribution is -2.39. The summed E-state index contributed by atoms with van der Waals surface area (Å²) in [5, 5.41) is 3.31. The number of likely N-dealkylation sites (tertiary alicyclic amines) is 1. The Bertz CT molecular complexity index is 979. The van der Waals surface area contributed by atoms with Gasteiger partial charge in [-0.25, -0.2) is 9.97 Å². The molecule has 1 atom stereocenters. The fourth-order valence-electron chi connectivity index (χ4n) is 6.07. The van der Waals surface area contributed by atoms with Crippen LogP contribution in [0.1, 0.15) is 86.7 Å². The maximum absolute atomic E-state index is 12.0. The Labute approximate surface area is 203 Å². The van der Waals surface area contributed by atoms with Crippen LogP contribution in [0.5, 0.6) is 0 Å². The van der Waals surface area contributed by atoms with Gasteiger partial charge in [0.25, 0.3) is 5.91 Å². The second-order valence-corrected chi connectivity index (χ2v) is 10.3. The molecule has 1 aliphatic carbocycles. The molecule has 182 valence electrons. The van der Waals surface area contributed by atoms with E-state index in [2.05, 4.69) is 51.3 Å². The predicted octanol–water partition coefficient (Wildman–Crippen LogP) is 4.82. The summed E-state index contributed by atoms with van der Waals surface area (Å²) in [6.45, 7) is 5.61. The van der Waals surface area contributed by atoms with Gasteiger partial charge in [0.15, 0.2) is 11.5 Å². The number of hydrogen-bond donors (Lipinski definition) is 2. The molecule has 3 heterocycles. The molecule has 2 saturated heterocycles. The molecule has 5 rings (SSSR count). The Morgan fingerprint density at radius 3 is 2.35 bits per heavy atom. The number of amides is 1. The zero-order valence-electron chi connectivity index (χ0n) is 20.4. The molecule has 0 unspecified atom stereocenters. The van der Waals surface area contributed by atoms with E-state index < -0.39 is 5.91 Å². The number of nitrogens with zero attached hydrogens (tertiary/aromatic N) is 4. The lowest BCUT2D eigenvalue weighted by molar-refractivity contribution is 0.0996. The second kappa shape index (κ2) is 10.3. The van der Waals surface area contributed by atoms with Crippen molar-refractivity contribution in [2.75, 3.05) is 29.9 Å². The Hall–Kier alpha value is -2.67. The largest absolute Gasteiger partial charge is 0.364 e. The van der Waals surface area contributed by atoms with Crippen molar-refractivity contribution in [2.45, 2.75) is 82.7 Å². The number of nitrogens with two attached hydrogens (primary N) is 1. The van der Waals surface area contributed by atoms with Gasteiger partial charge in [-0.3, -0.25) is 4.79 Å². The zero-order valence-corrected chi connectivity index (χ0v) is 20.4. The minimum Gasteiger partial charge on any atom is -0.364 e. The third-order valence-corrected chi connectivity index (χ3v) is 8.11. The first-order valence-corrected chi connectivity index (χ1v) is 13.1. The molecule has 0 radical (unpaired) electrons. The summed E-state index contributed by atoms with van der Waals surface area (Å²) in [7, 11) is 0. The highest BCUT2D eigenvalue weighted by atomic mass is 16.1. The van der Waals surface area contributed by atoms with Crippen LogP contribution in [0.15, 0.2) is 30.5 Å². The lowest BCUT2D eigenvalue weighted by atomic mass is 9.88. The Kier molecular flexibility index (Phi) is 6.99. The molecule has 0 spiro atoms. The number of aromatic nitrogens is 2. The van der Waals surface area contributed by atoms with Gasteiger partial charge in [-0.2, -0.15) is 0 Å². The normalized spacial score (nSPS) is 22.7. The van der Waals surface area contributed by atoms with Crippen LogP contribution in [0.4, 0.5) is 17.3 Å². The fraction of sp³-hybridized carbons (Fsp3) is 0.593. The minimum atomic E-state index is -0.570. The van der Waals surface area contributed by atoms with Crippen LogP contribution >= 0.6 is 0 Å². The first kappa shape index (κ1) is 23.1. The monoisotopic (exact) mass is 462 g/mol. The Morgan fingerprint density at radius 2 is 1.68 bits per heavy atom. The van der Waals surface area contributed by atoms with Gasteiger partial charge >= 0.3 is 0 Å². The number of primary amides is 1. The molecule has 1 aromatic carbocycles. The number of piperidine rings is 2. The van der Waals surface area contributed by atoms with E-state index in [1.165, 1.54) is 63.6 Å². The highest BCUT2D eigenvalue weighted by molar-refractivity contribution is 5.96. The van der Waals surface area contributed by atoms with E-state index in [1.54, 1.807) is 6.20 Å². The van der Waals surface area contributed by atoms with Crippen molar-refractivity contribution in [3.63, 3.8) is 0 Å². The van der Waals surface area contributed by atoms with Gasteiger partial charge in [-0.15, -0.1) is 0 Å². The number of rotatable bonds is 6. The number of hydrogen-bond acceptors (Lipinski definition) is 6. The average Bonchev–Trinajstić information content (AvgIpc) is 3.40. The van der Waals surface area contributed by atoms with Gasteiger partial charge in [0.1, 0.15) is 5.82 Å². The van der Waals surface area contributed by atoms with Gasteiger partial charge < -0.3 is 20.9 Å². The summed E-state index contributed by atoms with van der Waals surface area (Å²) >= 11 is 0. The van der Waals surface area contributed by atoms with Crippen LogP contribution in [0.3, 0.4) is 0 Å². The summed E-state index contributed by atoms with van der Waals surface area (Å²) in [6, 6.07) is 9.84. The van der Waals surface area contributed by atoms with Crippen molar-refractivity contribution >= 4 is 23.2 Å². The summed E-state index contributed by atoms with van der Waals surface area (Å²) in [5.41, 5.74) is 8.07. The van der Waals surface area contributed by atoms with E-state index >= 15 is 0 Å². The summed E-state index contributed by atoms with van der Waals surface area (Å²) < 4.78 is 0. The predicted molar refractivity (Wildman–Crippen MR) is 137 cm³/mol. The molecule has 0 bridgehead atoms. The van der Waals surface area contributed by atoms with Crippen LogP contribution < -0.4 is 16.0 Å². The highest BCUT2D eigenvalue weighted by Crippen LogP contribution is 2.33. The van der Waals surface area contributed by atoms with Crippen LogP contribution in [0, 0.1) is 0 Å². The highest BCUT2D eigenvalue weighted by Gasteiger charge is 2.28. The van der Waals surface area contributed by atoms with E-state index in [4.69, 9.17) is 10.7 Å². The van der Waals surface area contributed by atoms with Crippen molar-refractivity contribution in [3.8, 4) is 0 Å². The van der Waals surface area contributed by atoms with Gasteiger partial charge in [-0.05, 0) is 88.6 Å². The van der Waals surface area contributed by atoms with Crippen molar-refractivity contribution in [3.05, 3.63) is 41.7 Å². The third-order valence-electron chi connectivity index (χ3n) is 8.11. The fourth-order valence-corrected chi connectivity index (χ4v) is 6.07. The summed E-state index contributed by atoms with van der Waals surface area (Å²) in [4.78, 5) is 26.1. The molecule has 3 fully saturated rings. The molecule has 3 aliphatic rings. The van der Waals surface area contributed by atoms with Gasteiger partial charge in [0.05, 0.1) is 6.20 Å². The smallest absolute Gasteiger partial charge is 0.271 e. The summed E-state index contributed by atoms with van der Waals surface area (Å²) in [6.07, 6.45) is 13.2. The molecule has 7 nitrogen and oxygen atoms in total. The first-order chi connectivity index (χ1) is 16.6. The molecule has 2 aromatic rings. The number of anilines is 3. The van der Waals surface area contributed by atoms with Crippen LogP contribution in [-0.4, -0.2) is 52.5 Å². The summed E-state index contributed by atoms with van der Waals surface area (Å²) in [5.74, 6) is 1.28. The number of carbonyl (C=O) groups excluding carboxylic acids is 1. The van der Waals surface area contributed by atoms with E-state index in [-0.39, 0.29) is 5.69 Å².